The lowest BCUT2D eigenvalue weighted by Crippen LogP contribution is -2.66. The van der Waals surface area contributed by atoms with Crippen LogP contribution in [0.1, 0.15) is 159 Å². The van der Waals surface area contributed by atoms with Crippen LogP contribution in [0, 0.1) is 0 Å². The molecule has 3 aromatic heterocycles. The van der Waals surface area contributed by atoms with Crippen molar-refractivity contribution in [3.63, 3.8) is 0 Å². The van der Waals surface area contributed by atoms with Crippen molar-refractivity contribution in [3.05, 3.63) is 318 Å². The third-order valence-electron chi connectivity index (χ3n) is 24.2. The van der Waals surface area contributed by atoms with Gasteiger partial charge in [0.05, 0.1) is 105 Å². The summed E-state index contributed by atoms with van der Waals surface area (Å²) in [5.41, 5.74) is 3.58. The van der Waals surface area contributed by atoms with E-state index in [1.807, 2.05) is 48.5 Å². The summed E-state index contributed by atoms with van der Waals surface area (Å²) in [6.07, 6.45) is 6.50. The number of benzene rings is 8. The van der Waals surface area contributed by atoms with Gasteiger partial charge in [-0.25, -0.2) is 14.4 Å². The van der Waals surface area contributed by atoms with Crippen LogP contribution in [0.3, 0.4) is 0 Å². The van der Waals surface area contributed by atoms with E-state index in [-0.39, 0.29) is 93.7 Å². The monoisotopic (exact) mass is 1940 g/mol. The molecule has 3 saturated heterocycles. The second-order valence-electron chi connectivity index (χ2n) is 37.5. The smallest absolute Gasteiger partial charge is 0.349 e. The van der Waals surface area contributed by atoms with Gasteiger partial charge in [0.15, 0.2) is 0 Å². The van der Waals surface area contributed by atoms with Gasteiger partial charge in [0.1, 0.15) is 40.7 Å². The average molecular weight is 1940 g/mol. The number of rotatable bonds is 26. The lowest BCUT2D eigenvalue weighted by atomic mass is 10.1. The number of aliphatic hydroxyl groups is 2. The van der Waals surface area contributed by atoms with Crippen molar-refractivity contribution in [2.24, 2.45) is 0 Å². The molecule has 30 heteroatoms. The molecule has 0 unspecified atom stereocenters. The maximum absolute atomic E-state index is 14.2. The van der Waals surface area contributed by atoms with Gasteiger partial charge >= 0.3 is 17.9 Å². The summed E-state index contributed by atoms with van der Waals surface area (Å²) in [5.74, 6) is -3.40. The number of amides is 2. The molecule has 726 valence electrons. The van der Waals surface area contributed by atoms with Crippen molar-refractivity contribution in [1.82, 2.24) is 30.1 Å². The van der Waals surface area contributed by atoms with E-state index in [4.69, 9.17) is 56.3 Å². The molecule has 26 nitrogen and oxygen atoms in total. The highest BCUT2D eigenvalue weighted by atomic mass is 35.5. The van der Waals surface area contributed by atoms with Crippen molar-refractivity contribution < 1.29 is 95.6 Å². The van der Waals surface area contributed by atoms with Crippen LogP contribution in [0.15, 0.2) is 273 Å². The van der Waals surface area contributed by atoms with Gasteiger partial charge in [-0.1, -0.05) is 256 Å². The summed E-state index contributed by atoms with van der Waals surface area (Å²) in [5, 5.41) is 47.1. The van der Waals surface area contributed by atoms with Crippen molar-refractivity contribution >= 4 is 98.2 Å². The summed E-state index contributed by atoms with van der Waals surface area (Å²) < 4.78 is 65.0. The van der Waals surface area contributed by atoms with Crippen molar-refractivity contribution in [1.29, 1.82) is 0 Å². The molecule has 0 saturated carbocycles. The Morgan fingerprint density at radius 2 is 0.766 bits per heavy atom. The molecule has 5 aliphatic heterocycles. The molecule has 2 amide bonds. The first-order valence-electron chi connectivity index (χ1n) is 46.2. The molecule has 11 aromatic rings. The highest BCUT2D eigenvalue weighted by Gasteiger charge is 2.53. The van der Waals surface area contributed by atoms with E-state index in [1.165, 1.54) is 37.2 Å². The predicted octanol–water partition coefficient (Wildman–Crippen LogP) is 13.4. The Morgan fingerprint density at radius 3 is 1.12 bits per heavy atom. The molecule has 8 heterocycles. The number of morpholine rings is 3. The first kappa shape index (κ1) is 106. The van der Waals surface area contributed by atoms with Crippen LogP contribution < -0.4 is 50.6 Å². The molecule has 0 aliphatic carbocycles. The number of ether oxygens (including phenoxy) is 8. The fraction of sp³-hybridized carbons (Fsp3) is 0.364. The van der Waals surface area contributed by atoms with Crippen LogP contribution in [-0.4, -0.2) is 228 Å². The van der Waals surface area contributed by atoms with Gasteiger partial charge in [-0.3, -0.25) is 24.5 Å². The molecule has 5 aliphatic rings. The molecule has 0 radical (unpaired) electrons. The fourth-order valence-corrected chi connectivity index (χ4v) is 31.6. The number of nitrogens with one attached hydrogen (secondary N) is 1. The number of aromatic hydroxyl groups is 1. The van der Waals surface area contributed by atoms with Crippen molar-refractivity contribution in [3.8, 4) is 23.0 Å². The summed E-state index contributed by atoms with van der Waals surface area (Å²) >= 11 is 0. The van der Waals surface area contributed by atoms with E-state index in [0.717, 1.165) is 13.2 Å². The number of carboxylic acids is 1. The number of phenols is 1. The number of hydrogen-bond donors (Lipinski definition) is 5. The summed E-state index contributed by atoms with van der Waals surface area (Å²) in [6.45, 7) is 32.9. The second-order valence-corrected chi connectivity index (χ2v) is 50.4. The largest absolute Gasteiger partial charge is 0.507 e. The highest BCUT2D eigenvalue weighted by Crippen LogP contribution is 2.42. The van der Waals surface area contributed by atoms with Gasteiger partial charge in [0.2, 0.25) is 11.6 Å². The number of carboxylic acid groups (broad SMARTS) is 1. The number of aliphatic hydroxyl groups excluding tert-OH is 2. The first-order valence-corrected chi connectivity index (χ1v) is 51.9. The summed E-state index contributed by atoms with van der Waals surface area (Å²) in [7, 11) is -8.05. The van der Waals surface area contributed by atoms with E-state index in [1.54, 1.807) is 111 Å². The Balaban J connectivity index is 0.000000180. The zero-order chi connectivity index (χ0) is 97.3. The third kappa shape index (κ3) is 25.8. The normalized spacial score (nSPS) is 16.8. The van der Waals surface area contributed by atoms with E-state index < -0.39 is 60.5 Å². The standard InChI is InChI=1S/C39H44N2O7Si.C29H36N2O4Si.C24H27NO3Si.C10H10O4.C5H11NO2.ClH/c1-38(2,3)49(29-14-8-6-9-15-29,30-16-10-7-11-17-30)46-24-21-32-31(18-13-22-40-32)36(42)41-23-25-44-26-28(41)27-45-33-19-12-20-34-35(33)37(43)48-39(4,5)47-34;1-29(2,3)36(24-11-6-4-7-12-24,25-13-8-5-9-14-25)35-19-16-27-26(15-10-17-30-27)28(33)31-18-20-34-22-23(31)21-32;1-24(2,3)29(19-11-6-4-7-12-19,20-13-8-5-9-14-20)28-18-16-22-21(23(26)27)15-10-17-25-22;1-10(2)13-7-5-3-4-6(11)8(7)9(12)14-10;7-3-5-4-8-2-1-6-5;/h6-20,22,28H,21,23-27H2,1-5H3;4-15,17,23,32H,16,18-22H2,1-3H3;4-15,17H,16,18H2,1-3H3,(H,26,27);3-5,11H,1-2H3;5-7H,1-4H2;1H/t28-;23-;;;5-;/m01..1./s1. The maximum Gasteiger partial charge on any atom is 0.349 e. The zero-order valence-electron chi connectivity index (χ0n) is 80.4. The molecule has 0 spiro atoms. The van der Waals surface area contributed by atoms with E-state index in [0.29, 0.717) is 131 Å². The Bertz CT molecular complexity index is 5620. The number of carbonyl (C=O) groups is 5. The first-order chi connectivity index (χ1) is 65.2. The Hall–Kier alpha value is -11.7. The lowest BCUT2D eigenvalue weighted by Gasteiger charge is -2.43. The quantitative estimate of drug-likeness (QED) is 0.0248. The number of cyclic esters (lactones) is 2. The molecule has 8 aromatic carbocycles. The second kappa shape index (κ2) is 48.1. The number of nitrogens with zero attached hydrogens (tertiary/aromatic N) is 5. The van der Waals surface area contributed by atoms with Gasteiger partial charge in [0.25, 0.3) is 36.8 Å². The third-order valence-corrected chi connectivity index (χ3v) is 39.3. The van der Waals surface area contributed by atoms with Crippen LogP contribution in [0.4, 0.5) is 0 Å². The number of aromatic carboxylic acids is 1. The highest BCUT2D eigenvalue weighted by molar-refractivity contribution is 7.00. The zero-order valence-corrected chi connectivity index (χ0v) is 84.2. The molecule has 3 atom stereocenters. The van der Waals surface area contributed by atoms with E-state index in [2.05, 4.69) is 228 Å². The van der Waals surface area contributed by atoms with Crippen LogP contribution in [0.5, 0.6) is 23.0 Å². The minimum Gasteiger partial charge on any atom is -0.507 e. The number of esters is 2. The van der Waals surface area contributed by atoms with Crippen LogP contribution in [0.25, 0.3) is 0 Å². The lowest BCUT2D eigenvalue weighted by molar-refractivity contribution is -0.128. The van der Waals surface area contributed by atoms with Gasteiger partial charge in [-0.05, 0) is 107 Å². The van der Waals surface area contributed by atoms with Crippen molar-refractivity contribution in [2.75, 3.05) is 98.9 Å². The van der Waals surface area contributed by atoms with Crippen LogP contribution >= 0.6 is 12.4 Å². The van der Waals surface area contributed by atoms with Gasteiger partial charge in [-0.15, -0.1) is 12.4 Å². The predicted molar refractivity (Wildman–Crippen MR) is 537 cm³/mol. The molecule has 137 heavy (non-hydrogen) atoms. The van der Waals surface area contributed by atoms with Crippen molar-refractivity contribution in [2.45, 2.75) is 154 Å². The summed E-state index contributed by atoms with van der Waals surface area (Å²) in [4.78, 5) is 80.5. The Morgan fingerprint density at radius 1 is 0.423 bits per heavy atom. The Kier molecular flexibility index (Phi) is 37.1. The Labute approximate surface area is 813 Å². The van der Waals surface area contributed by atoms with Crippen LogP contribution in [0.2, 0.25) is 15.1 Å². The van der Waals surface area contributed by atoms with Gasteiger partial charge < -0.3 is 86.7 Å². The van der Waals surface area contributed by atoms with Gasteiger partial charge in [-0.2, -0.15) is 0 Å². The molecule has 3 fully saturated rings. The number of fused-ring (bicyclic) bond motifs is 2. The number of halogens is 1. The molecule has 16 rings (SSSR count). The molecule has 0 bridgehead atoms. The summed E-state index contributed by atoms with van der Waals surface area (Å²) in [6, 6.07) is 82.6. The maximum atomic E-state index is 14.2. The van der Waals surface area contributed by atoms with Gasteiger partial charge in [0, 0.05) is 105 Å². The van der Waals surface area contributed by atoms with Crippen LogP contribution in [-0.2, 0) is 56.2 Å². The average Bonchev–Trinajstić information content (AvgIpc) is 0.750. The minimum absolute atomic E-state index is 0. The van der Waals surface area contributed by atoms with E-state index >= 15 is 0 Å². The SMILES string of the molecule is CC(C)(C)[Si](OCCc1ncccc1C(=O)N1CCOC[C@H]1CO)(c1ccccc1)c1ccccc1.CC(C)(C)[Si](OCCc1ncccc1C(=O)O)(c1ccccc1)c1ccccc1.CC1(C)OC(=O)c2c(O)cccc2O1.CC1(C)OC(=O)c2c(OC[C@@H]3COCCN3C(=O)c3cccnc3CCO[Si](c3ccccc3)(c3ccccc3)C(C)(C)C)cccc2O1.Cl.OC[C@@H]1COCCN1. The fourth-order valence-electron chi connectivity index (χ4n) is 17.9. The number of aromatic nitrogens is 3. The van der Waals surface area contributed by atoms with E-state index in [9.17, 15) is 39.3 Å². The number of phenolic OH excluding ortho intramolecular Hbond substituents is 1. The molecular weight excluding hydrogens is 1810 g/mol. The number of carbonyl (C=O) groups excluding carboxylic acids is 4. The molecule has 5 N–H and O–H groups in total. The number of hydrogen-bond acceptors (Lipinski definition) is 23. The topological polar surface area (TPSA) is 325 Å². The minimum atomic E-state index is -2.76. The molecular formula is C107H129ClN6O20Si3. The number of pyridine rings is 3.